The van der Waals surface area contributed by atoms with Gasteiger partial charge in [-0.15, -0.1) is 11.6 Å². The largest absolute Gasteiger partial charge is 0.465 e. The van der Waals surface area contributed by atoms with E-state index >= 15 is 0 Å². The van der Waals surface area contributed by atoms with E-state index in [0.29, 0.717) is 18.4 Å². The summed E-state index contributed by atoms with van der Waals surface area (Å²) < 4.78 is 4.61. The molecule has 0 unspecified atom stereocenters. The van der Waals surface area contributed by atoms with Crippen molar-refractivity contribution in [3.05, 3.63) is 41.5 Å². The maximum Gasteiger partial charge on any atom is 0.337 e. The van der Waals surface area contributed by atoms with Crippen LogP contribution in [0.4, 0.5) is 0 Å². The lowest BCUT2D eigenvalue weighted by Crippen LogP contribution is -2.00. The highest BCUT2D eigenvalue weighted by Crippen LogP contribution is 2.08. The van der Waals surface area contributed by atoms with Crippen molar-refractivity contribution in [3.8, 4) is 0 Å². The normalized spacial score (nSPS) is 10.6. The minimum absolute atomic E-state index is 0.0438. The maximum absolute atomic E-state index is 11.2. The Kier molecular flexibility index (Phi) is 6.15. The van der Waals surface area contributed by atoms with Crippen molar-refractivity contribution < 1.29 is 14.3 Å². The van der Waals surface area contributed by atoms with E-state index in [1.54, 1.807) is 12.1 Å². The summed E-state index contributed by atoms with van der Waals surface area (Å²) in [4.78, 5) is 22.2. The molecule has 0 spiro atoms. The highest BCUT2D eigenvalue weighted by molar-refractivity contribution is 6.27. The van der Waals surface area contributed by atoms with Gasteiger partial charge in [0.15, 0.2) is 0 Å². The number of carbonyl (C=O) groups excluding carboxylic acids is 2. The molecule has 1 aromatic rings. The molecule has 3 nitrogen and oxygen atoms in total. The van der Waals surface area contributed by atoms with Crippen molar-refractivity contribution in [2.24, 2.45) is 0 Å². The third kappa shape index (κ3) is 4.72. The summed E-state index contributed by atoms with van der Waals surface area (Å²) >= 11 is 5.39. The number of hydrogen-bond acceptors (Lipinski definition) is 3. The molecule has 0 amide bonds. The summed E-state index contributed by atoms with van der Waals surface area (Å²) in [5.74, 6) is -0.234. The van der Waals surface area contributed by atoms with Crippen LogP contribution in [0, 0.1) is 0 Å². The monoisotopic (exact) mass is 266 g/mol. The van der Waals surface area contributed by atoms with Crippen molar-refractivity contribution in [3.63, 3.8) is 0 Å². The van der Waals surface area contributed by atoms with Crippen LogP contribution < -0.4 is 0 Å². The highest BCUT2D eigenvalue weighted by Gasteiger charge is 2.03. The Morgan fingerprint density at radius 2 is 1.94 bits per heavy atom. The number of methoxy groups -OCH3 is 1. The number of rotatable bonds is 6. The minimum Gasteiger partial charge on any atom is -0.465 e. The number of allylic oxidation sites excluding steroid dienone is 1. The first-order chi connectivity index (χ1) is 8.67. The van der Waals surface area contributed by atoms with Crippen LogP contribution in [0.15, 0.2) is 30.3 Å². The second-order valence-corrected chi connectivity index (χ2v) is 3.99. The highest BCUT2D eigenvalue weighted by atomic mass is 35.5. The molecule has 1 rings (SSSR count). The van der Waals surface area contributed by atoms with Crippen LogP contribution in [0.5, 0.6) is 0 Å². The van der Waals surface area contributed by atoms with E-state index in [0.717, 1.165) is 5.56 Å². The summed E-state index contributed by atoms with van der Waals surface area (Å²) in [6.45, 7) is 0. The topological polar surface area (TPSA) is 43.4 Å². The smallest absolute Gasteiger partial charge is 0.337 e. The molecule has 0 radical (unpaired) electrons. The zero-order valence-corrected chi connectivity index (χ0v) is 10.9. The number of ketones is 1. The molecule has 1 aromatic carbocycles. The fourth-order valence-electron chi connectivity index (χ4n) is 1.38. The quantitative estimate of drug-likeness (QED) is 0.587. The van der Waals surface area contributed by atoms with Gasteiger partial charge in [-0.2, -0.15) is 0 Å². The fraction of sp³-hybridized carbons (Fsp3) is 0.286. The van der Waals surface area contributed by atoms with Crippen LogP contribution in [0.3, 0.4) is 0 Å². The van der Waals surface area contributed by atoms with Crippen molar-refractivity contribution in [2.75, 3.05) is 13.0 Å². The van der Waals surface area contributed by atoms with Gasteiger partial charge in [-0.1, -0.05) is 24.3 Å². The Bertz CT molecular complexity index is 435. The SMILES string of the molecule is COC(=O)c1ccc(/C=C/CCC(=O)CCl)cc1. The van der Waals surface area contributed by atoms with E-state index in [1.165, 1.54) is 7.11 Å². The van der Waals surface area contributed by atoms with Gasteiger partial charge in [-0.25, -0.2) is 4.79 Å². The number of halogens is 1. The van der Waals surface area contributed by atoms with Crippen LogP contribution >= 0.6 is 11.6 Å². The first kappa shape index (κ1) is 14.5. The molecule has 0 fully saturated rings. The van der Waals surface area contributed by atoms with E-state index in [1.807, 2.05) is 24.3 Å². The zero-order chi connectivity index (χ0) is 13.4. The summed E-state index contributed by atoms with van der Waals surface area (Å²) in [6.07, 6.45) is 4.95. The van der Waals surface area contributed by atoms with Crippen LogP contribution in [-0.4, -0.2) is 24.7 Å². The van der Waals surface area contributed by atoms with E-state index < -0.39 is 0 Å². The maximum atomic E-state index is 11.2. The van der Waals surface area contributed by atoms with Crippen LogP contribution in [0.25, 0.3) is 6.08 Å². The Morgan fingerprint density at radius 1 is 1.28 bits per heavy atom. The molecule has 0 N–H and O–H groups in total. The molecule has 0 saturated carbocycles. The molecule has 18 heavy (non-hydrogen) atoms. The van der Waals surface area contributed by atoms with Crippen molar-refractivity contribution in [2.45, 2.75) is 12.8 Å². The first-order valence-electron chi connectivity index (χ1n) is 5.60. The van der Waals surface area contributed by atoms with Crippen LogP contribution in [0.2, 0.25) is 0 Å². The first-order valence-corrected chi connectivity index (χ1v) is 6.13. The van der Waals surface area contributed by atoms with E-state index in [-0.39, 0.29) is 17.6 Å². The van der Waals surface area contributed by atoms with E-state index in [9.17, 15) is 9.59 Å². The summed E-state index contributed by atoms with van der Waals surface area (Å²) in [7, 11) is 1.35. The van der Waals surface area contributed by atoms with Crippen molar-refractivity contribution in [1.82, 2.24) is 0 Å². The molecule has 0 aliphatic rings. The van der Waals surface area contributed by atoms with Gasteiger partial charge < -0.3 is 4.74 Å². The van der Waals surface area contributed by atoms with Crippen LogP contribution in [-0.2, 0) is 9.53 Å². The van der Waals surface area contributed by atoms with E-state index in [2.05, 4.69) is 4.74 Å². The number of esters is 1. The molecule has 0 saturated heterocycles. The standard InChI is InChI=1S/C14H15ClO3/c1-18-14(17)12-8-6-11(7-9-12)4-2-3-5-13(16)10-15/h2,4,6-9H,3,5,10H2,1H3/b4-2+. The van der Waals surface area contributed by atoms with Gasteiger partial charge in [0.25, 0.3) is 0 Å². The second-order valence-electron chi connectivity index (χ2n) is 3.73. The Labute approximate surface area is 111 Å². The summed E-state index contributed by atoms with van der Waals surface area (Å²) in [5.41, 5.74) is 1.49. The number of Topliss-reactive ketones (excluding diaryl/α,β-unsaturated/α-hetero) is 1. The molecule has 96 valence electrons. The molecule has 0 aliphatic carbocycles. The van der Waals surface area contributed by atoms with Gasteiger partial charge in [0, 0.05) is 6.42 Å². The van der Waals surface area contributed by atoms with Gasteiger partial charge in [0.1, 0.15) is 5.78 Å². The van der Waals surface area contributed by atoms with Gasteiger partial charge in [-0.05, 0) is 24.1 Å². The molecule has 0 atom stereocenters. The summed E-state index contributed by atoms with van der Waals surface area (Å²) in [5, 5.41) is 0. The molecular formula is C14H15ClO3. The third-order valence-corrected chi connectivity index (χ3v) is 2.68. The van der Waals surface area contributed by atoms with Gasteiger partial charge in [0.2, 0.25) is 0 Å². The predicted octanol–water partition coefficient (Wildman–Crippen LogP) is 3.07. The Morgan fingerprint density at radius 3 is 2.50 bits per heavy atom. The number of hydrogen-bond donors (Lipinski definition) is 0. The average Bonchev–Trinajstić information content (AvgIpc) is 2.43. The van der Waals surface area contributed by atoms with Gasteiger partial charge in [0.05, 0.1) is 18.6 Å². The average molecular weight is 267 g/mol. The molecule has 4 heteroatoms. The summed E-state index contributed by atoms with van der Waals surface area (Å²) in [6, 6.07) is 7.06. The number of alkyl halides is 1. The number of ether oxygens (including phenoxy) is 1. The van der Waals surface area contributed by atoms with Gasteiger partial charge in [-0.3, -0.25) is 4.79 Å². The van der Waals surface area contributed by atoms with E-state index in [4.69, 9.17) is 11.6 Å². The lowest BCUT2D eigenvalue weighted by atomic mass is 10.1. The van der Waals surface area contributed by atoms with Crippen molar-refractivity contribution in [1.29, 1.82) is 0 Å². The predicted molar refractivity (Wildman–Crippen MR) is 71.8 cm³/mol. The number of carbonyl (C=O) groups is 2. The second kappa shape index (κ2) is 7.67. The van der Waals surface area contributed by atoms with Gasteiger partial charge >= 0.3 is 5.97 Å². The zero-order valence-electron chi connectivity index (χ0n) is 10.2. The lowest BCUT2D eigenvalue weighted by molar-refractivity contribution is -0.116. The molecule has 0 heterocycles. The molecule has 0 bridgehead atoms. The molecular weight excluding hydrogens is 252 g/mol. The Balaban J connectivity index is 2.50. The Hall–Kier alpha value is -1.61. The molecule has 0 aliphatic heterocycles. The fourth-order valence-corrected chi connectivity index (χ4v) is 1.51. The minimum atomic E-state index is -0.349. The lowest BCUT2D eigenvalue weighted by Gasteiger charge is -1.99. The molecule has 0 aromatic heterocycles. The van der Waals surface area contributed by atoms with Crippen molar-refractivity contribution >= 4 is 29.4 Å². The van der Waals surface area contributed by atoms with Crippen LogP contribution in [0.1, 0.15) is 28.8 Å². The number of benzene rings is 1. The third-order valence-electron chi connectivity index (χ3n) is 2.38.